The average Bonchev–Trinajstić information content (AvgIpc) is 2.47. The number of nitrogens with one attached hydrogen (secondary N) is 2. The van der Waals surface area contributed by atoms with Gasteiger partial charge in [-0.2, -0.15) is 0 Å². The number of carbonyl (C=O) groups is 1. The third-order valence-corrected chi connectivity index (χ3v) is 4.95. The number of nitrogens with zero attached hydrogens (tertiary/aromatic N) is 1. The van der Waals surface area contributed by atoms with Gasteiger partial charge in [-0.15, -0.1) is 0 Å². The number of pyridine rings is 1. The van der Waals surface area contributed by atoms with E-state index in [0.717, 1.165) is 5.56 Å². The van der Waals surface area contributed by atoms with E-state index in [-0.39, 0.29) is 10.8 Å². The highest BCUT2D eigenvalue weighted by molar-refractivity contribution is 7.89. The molecular weight excluding hydrogens is 314 g/mol. The molecule has 0 radical (unpaired) electrons. The summed E-state index contributed by atoms with van der Waals surface area (Å²) in [5, 5.41) is 2.60. The standard InChI is InChI=1S/C16H19N3O3S/c1-12(20)18-14-4-6-15(7-5-14)23(21,22)19-16(2,3)13-8-10-17-11-9-13/h4-11,19H,1-3H3,(H,18,20). The molecule has 0 saturated carbocycles. The smallest absolute Gasteiger partial charge is 0.241 e. The lowest BCUT2D eigenvalue weighted by atomic mass is 9.97. The van der Waals surface area contributed by atoms with Crippen molar-refractivity contribution in [2.45, 2.75) is 31.2 Å². The van der Waals surface area contributed by atoms with Gasteiger partial charge in [0.25, 0.3) is 0 Å². The Hall–Kier alpha value is -2.25. The Morgan fingerprint density at radius 3 is 2.13 bits per heavy atom. The molecule has 0 atom stereocenters. The summed E-state index contributed by atoms with van der Waals surface area (Å²) in [6.45, 7) is 4.96. The Morgan fingerprint density at radius 1 is 1.04 bits per heavy atom. The van der Waals surface area contributed by atoms with Crippen molar-refractivity contribution in [3.8, 4) is 0 Å². The molecular formula is C16H19N3O3S. The monoisotopic (exact) mass is 333 g/mol. The number of amides is 1. The second-order valence-electron chi connectivity index (χ2n) is 5.67. The number of hydrogen-bond acceptors (Lipinski definition) is 4. The third-order valence-electron chi connectivity index (χ3n) is 3.28. The summed E-state index contributed by atoms with van der Waals surface area (Å²) >= 11 is 0. The quantitative estimate of drug-likeness (QED) is 0.878. The topological polar surface area (TPSA) is 88.2 Å². The van der Waals surface area contributed by atoms with Crippen molar-refractivity contribution in [3.05, 3.63) is 54.4 Å². The fourth-order valence-corrected chi connectivity index (χ4v) is 3.54. The van der Waals surface area contributed by atoms with Gasteiger partial charge in [0.1, 0.15) is 0 Å². The molecule has 23 heavy (non-hydrogen) atoms. The summed E-state index contributed by atoms with van der Waals surface area (Å²) < 4.78 is 27.8. The number of rotatable bonds is 5. The second-order valence-corrected chi connectivity index (χ2v) is 7.35. The van der Waals surface area contributed by atoms with E-state index < -0.39 is 15.6 Å². The molecule has 6 nitrogen and oxygen atoms in total. The summed E-state index contributed by atoms with van der Waals surface area (Å²) in [6, 6.07) is 9.54. The number of sulfonamides is 1. The highest BCUT2D eigenvalue weighted by Crippen LogP contribution is 2.23. The molecule has 122 valence electrons. The summed E-state index contributed by atoms with van der Waals surface area (Å²) in [7, 11) is -3.69. The van der Waals surface area contributed by atoms with E-state index in [4.69, 9.17) is 0 Å². The van der Waals surface area contributed by atoms with Gasteiger partial charge in [0.05, 0.1) is 10.4 Å². The van der Waals surface area contributed by atoms with Crippen LogP contribution in [0.1, 0.15) is 26.3 Å². The molecule has 1 aromatic carbocycles. The fourth-order valence-electron chi connectivity index (χ4n) is 2.14. The maximum absolute atomic E-state index is 12.5. The second kappa shape index (κ2) is 6.47. The first kappa shape index (κ1) is 17.1. The molecule has 0 unspecified atom stereocenters. The molecule has 1 aromatic heterocycles. The first-order valence-corrected chi connectivity index (χ1v) is 8.51. The van der Waals surface area contributed by atoms with Crippen LogP contribution in [-0.4, -0.2) is 19.3 Å². The van der Waals surface area contributed by atoms with Gasteiger partial charge in [-0.05, 0) is 55.8 Å². The Kier molecular flexibility index (Phi) is 4.82. The molecule has 0 bridgehead atoms. The van der Waals surface area contributed by atoms with E-state index in [9.17, 15) is 13.2 Å². The van der Waals surface area contributed by atoms with Crippen molar-refractivity contribution in [2.24, 2.45) is 0 Å². The van der Waals surface area contributed by atoms with Crippen molar-refractivity contribution in [2.75, 3.05) is 5.32 Å². The largest absolute Gasteiger partial charge is 0.326 e. The number of aromatic nitrogens is 1. The van der Waals surface area contributed by atoms with Crippen molar-refractivity contribution in [3.63, 3.8) is 0 Å². The van der Waals surface area contributed by atoms with Crippen LogP contribution in [0.3, 0.4) is 0 Å². The Bertz CT molecular complexity index is 785. The number of hydrogen-bond donors (Lipinski definition) is 2. The SMILES string of the molecule is CC(=O)Nc1ccc(S(=O)(=O)NC(C)(C)c2ccncc2)cc1. The van der Waals surface area contributed by atoms with Crippen LogP contribution >= 0.6 is 0 Å². The van der Waals surface area contributed by atoms with E-state index in [1.807, 2.05) is 0 Å². The Labute approximate surface area is 136 Å². The van der Waals surface area contributed by atoms with Crippen molar-refractivity contribution in [1.29, 1.82) is 0 Å². The fraction of sp³-hybridized carbons (Fsp3) is 0.250. The van der Waals surface area contributed by atoms with Crippen LogP contribution in [0.4, 0.5) is 5.69 Å². The Morgan fingerprint density at radius 2 is 1.61 bits per heavy atom. The molecule has 0 aliphatic rings. The predicted molar refractivity (Wildman–Crippen MR) is 88.3 cm³/mol. The molecule has 1 amide bonds. The molecule has 1 heterocycles. The van der Waals surface area contributed by atoms with Crippen LogP contribution in [0.15, 0.2) is 53.7 Å². The molecule has 0 saturated heterocycles. The van der Waals surface area contributed by atoms with Gasteiger partial charge in [0.15, 0.2) is 0 Å². The first-order valence-electron chi connectivity index (χ1n) is 7.03. The van der Waals surface area contributed by atoms with Crippen LogP contribution in [0.2, 0.25) is 0 Å². The predicted octanol–water partition coefficient (Wildman–Crippen LogP) is 2.25. The van der Waals surface area contributed by atoms with Crippen molar-refractivity contribution >= 4 is 21.6 Å². The third kappa shape index (κ3) is 4.37. The van der Waals surface area contributed by atoms with E-state index in [1.165, 1.54) is 19.1 Å². The number of anilines is 1. The lowest BCUT2D eigenvalue weighted by Gasteiger charge is -2.26. The minimum absolute atomic E-state index is 0.133. The van der Waals surface area contributed by atoms with Crippen LogP contribution in [-0.2, 0) is 20.4 Å². The average molecular weight is 333 g/mol. The molecule has 0 aliphatic carbocycles. The highest BCUT2D eigenvalue weighted by Gasteiger charge is 2.27. The molecule has 0 spiro atoms. The van der Waals surface area contributed by atoms with Gasteiger partial charge in [-0.1, -0.05) is 0 Å². The number of carbonyl (C=O) groups excluding carboxylic acids is 1. The van der Waals surface area contributed by atoms with Crippen molar-refractivity contribution < 1.29 is 13.2 Å². The molecule has 2 aromatic rings. The van der Waals surface area contributed by atoms with E-state index in [0.29, 0.717) is 5.69 Å². The minimum atomic E-state index is -3.69. The van der Waals surface area contributed by atoms with Gasteiger partial charge in [0, 0.05) is 25.0 Å². The van der Waals surface area contributed by atoms with Crippen LogP contribution in [0.5, 0.6) is 0 Å². The summed E-state index contributed by atoms with van der Waals surface area (Å²) in [4.78, 5) is 15.1. The maximum Gasteiger partial charge on any atom is 0.241 e. The van der Waals surface area contributed by atoms with Crippen molar-refractivity contribution in [1.82, 2.24) is 9.71 Å². The summed E-state index contributed by atoms with van der Waals surface area (Å²) in [6.07, 6.45) is 3.24. The summed E-state index contributed by atoms with van der Waals surface area (Å²) in [5.74, 6) is -0.211. The Balaban J connectivity index is 2.23. The van der Waals surface area contributed by atoms with Gasteiger partial charge >= 0.3 is 0 Å². The van der Waals surface area contributed by atoms with Crippen LogP contribution in [0, 0.1) is 0 Å². The van der Waals surface area contributed by atoms with Gasteiger partial charge in [-0.3, -0.25) is 9.78 Å². The van der Waals surface area contributed by atoms with E-state index in [2.05, 4.69) is 15.0 Å². The minimum Gasteiger partial charge on any atom is -0.326 e. The van der Waals surface area contributed by atoms with Gasteiger partial charge < -0.3 is 5.32 Å². The zero-order valence-electron chi connectivity index (χ0n) is 13.2. The normalized spacial score (nSPS) is 12.0. The lowest BCUT2D eigenvalue weighted by molar-refractivity contribution is -0.114. The maximum atomic E-state index is 12.5. The highest BCUT2D eigenvalue weighted by atomic mass is 32.2. The molecule has 7 heteroatoms. The van der Waals surface area contributed by atoms with Gasteiger partial charge in [-0.25, -0.2) is 13.1 Å². The number of benzene rings is 1. The molecule has 0 aliphatic heterocycles. The van der Waals surface area contributed by atoms with Crippen LogP contribution in [0.25, 0.3) is 0 Å². The first-order chi connectivity index (χ1) is 10.7. The molecule has 2 N–H and O–H groups in total. The lowest BCUT2D eigenvalue weighted by Crippen LogP contribution is -2.40. The van der Waals surface area contributed by atoms with E-state index in [1.54, 1.807) is 50.5 Å². The zero-order valence-corrected chi connectivity index (χ0v) is 14.0. The van der Waals surface area contributed by atoms with E-state index >= 15 is 0 Å². The van der Waals surface area contributed by atoms with Gasteiger partial charge in [0.2, 0.25) is 15.9 Å². The molecule has 0 fully saturated rings. The zero-order chi connectivity index (χ0) is 17.1. The molecule has 2 rings (SSSR count). The summed E-state index contributed by atoms with van der Waals surface area (Å²) in [5.41, 5.74) is 0.578. The van der Waals surface area contributed by atoms with Crippen LogP contribution < -0.4 is 10.0 Å².